The summed E-state index contributed by atoms with van der Waals surface area (Å²) in [6.07, 6.45) is 1.57. The standard InChI is InChI=1S/C15H19NO4/c1-11(2)7-8-16-14(18)10-20-15(19)13-5-3-12(9-17)4-6-13/h3-6,9,11H,7-8,10H2,1-2H3,(H,16,18). The monoisotopic (exact) mass is 277 g/mol. The van der Waals surface area contributed by atoms with Gasteiger partial charge in [0.15, 0.2) is 6.61 Å². The highest BCUT2D eigenvalue weighted by molar-refractivity contribution is 5.92. The number of nitrogens with one attached hydrogen (secondary N) is 1. The van der Waals surface area contributed by atoms with E-state index in [4.69, 9.17) is 4.74 Å². The molecule has 0 aliphatic carbocycles. The Morgan fingerprint density at radius 3 is 2.45 bits per heavy atom. The molecule has 1 aromatic rings. The summed E-state index contributed by atoms with van der Waals surface area (Å²) < 4.78 is 4.88. The molecule has 0 unspecified atom stereocenters. The molecule has 0 saturated heterocycles. The van der Waals surface area contributed by atoms with Gasteiger partial charge in [0.05, 0.1) is 5.56 Å². The van der Waals surface area contributed by atoms with Crippen molar-refractivity contribution in [2.24, 2.45) is 5.92 Å². The van der Waals surface area contributed by atoms with E-state index in [1.165, 1.54) is 24.3 Å². The smallest absolute Gasteiger partial charge is 0.338 e. The Morgan fingerprint density at radius 2 is 1.90 bits per heavy atom. The maximum absolute atomic E-state index is 11.6. The van der Waals surface area contributed by atoms with Gasteiger partial charge in [-0.3, -0.25) is 9.59 Å². The zero-order valence-corrected chi connectivity index (χ0v) is 11.7. The van der Waals surface area contributed by atoms with E-state index in [-0.39, 0.29) is 12.5 Å². The van der Waals surface area contributed by atoms with E-state index in [1.54, 1.807) is 0 Å². The molecule has 0 radical (unpaired) electrons. The van der Waals surface area contributed by atoms with Crippen molar-refractivity contribution < 1.29 is 19.1 Å². The fourth-order valence-corrected chi connectivity index (χ4v) is 1.46. The normalized spacial score (nSPS) is 10.2. The van der Waals surface area contributed by atoms with Crippen LogP contribution in [0.25, 0.3) is 0 Å². The molecular weight excluding hydrogens is 258 g/mol. The van der Waals surface area contributed by atoms with Gasteiger partial charge in [0.2, 0.25) is 0 Å². The van der Waals surface area contributed by atoms with E-state index in [0.717, 1.165) is 6.42 Å². The molecule has 0 fully saturated rings. The van der Waals surface area contributed by atoms with E-state index >= 15 is 0 Å². The van der Waals surface area contributed by atoms with E-state index < -0.39 is 5.97 Å². The third-order valence-corrected chi connectivity index (χ3v) is 2.66. The first-order chi connectivity index (χ1) is 9.52. The predicted molar refractivity (Wildman–Crippen MR) is 74.6 cm³/mol. The molecular formula is C15H19NO4. The second kappa shape index (κ2) is 8.09. The Bertz CT molecular complexity index is 465. The SMILES string of the molecule is CC(C)CCNC(=O)COC(=O)c1ccc(C=O)cc1. The van der Waals surface area contributed by atoms with Crippen LogP contribution in [0.3, 0.4) is 0 Å². The number of rotatable bonds is 7. The van der Waals surface area contributed by atoms with Crippen molar-refractivity contribution >= 4 is 18.2 Å². The average Bonchev–Trinajstić information content (AvgIpc) is 2.44. The summed E-state index contributed by atoms with van der Waals surface area (Å²) in [5.74, 6) is -0.390. The Kier molecular flexibility index (Phi) is 6.43. The van der Waals surface area contributed by atoms with Crippen LogP contribution in [0.15, 0.2) is 24.3 Å². The Balaban J connectivity index is 2.34. The molecule has 0 saturated carbocycles. The number of esters is 1. The molecule has 0 aliphatic heterocycles. The fourth-order valence-electron chi connectivity index (χ4n) is 1.46. The molecule has 1 amide bonds. The quantitative estimate of drug-likeness (QED) is 0.609. The second-order valence-corrected chi connectivity index (χ2v) is 4.85. The molecule has 0 aliphatic rings. The van der Waals surface area contributed by atoms with Crippen LogP contribution in [0, 0.1) is 5.92 Å². The highest BCUT2D eigenvalue weighted by atomic mass is 16.5. The van der Waals surface area contributed by atoms with Crippen molar-refractivity contribution in [1.82, 2.24) is 5.32 Å². The number of hydrogen-bond donors (Lipinski definition) is 1. The van der Waals surface area contributed by atoms with Gasteiger partial charge in [-0.05, 0) is 24.5 Å². The predicted octanol–water partition coefficient (Wildman–Crippen LogP) is 1.82. The van der Waals surface area contributed by atoms with Crippen molar-refractivity contribution in [2.75, 3.05) is 13.2 Å². The average molecular weight is 277 g/mol. The lowest BCUT2D eigenvalue weighted by Crippen LogP contribution is -2.30. The molecule has 20 heavy (non-hydrogen) atoms. The van der Waals surface area contributed by atoms with Crippen molar-refractivity contribution in [2.45, 2.75) is 20.3 Å². The van der Waals surface area contributed by atoms with Crippen LogP contribution in [-0.2, 0) is 9.53 Å². The molecule has 1 aromatic carbocycles. The third kappa shape index (κ3) is 5.65. The Hall–Kier alpha value is -2.17. The van der Waals surface area contributed by atoms with Gasteiger partial charge < -0.3 is 10.1 Å². The van der Waals surface area contributed by atoms with E-state index in [2.05, 4.69) is 19.2 Å². The highest BCUT2D eigenvalue weighted by Crippen LogP contribution is 2.04. The first kappa shape index (κ1) is 15.9. The van der Waals surface area contributed by atoms with Gasteiger partial charge >= 0.3 is 5.97 Å². The number of amides is 1. The lowest BCUT2D eigenvalue weighted by Gasteiger charge is -2.08. The Morgan fingerprint density at radius 1 is 1.25 bits per heavy atom. The zero-order chi connectivity index (χ0) is 15.0. The number of carbonyl (C=O) groups is 3. The molecule has 5 heteroatoms. The lowest BCUT2D eigenvalue weighted by molar-refractivity contribution is -0.124. The molecule has 0 atom stereocenters. The molecule has 108 valence electrons. The highest BCUT2D eigenvalue weighted by Gasteiger charge is 2.09. The van der Waals surface area contributed by atoms with Gasteiger partial charge in [-0.2, -0.15) is 0 Å². The summed E-state index contributed by atoms with van der Waals surface area (Å²) in [4.78, 5) is 33.5. The topological polar surface area (TPSA) is 72.5 Å². The number of benzene rings is 1. The summed E-state index contributed by atoms with van der Waals surface area (Å²) in [7, 11) is 0. The fraction of sp³-hybridized carbons (Fsp3) is 0.400. The summed E-state index contributed by atoms with van der Waals surface area (Å²) in [5, 5.41) is 2.68. The van der Waals surface area contributed by atoms with Crippen LogP contribution in [0.1, 0.15) is 41.0 Å². The minimum absolute atomic E-state index is 0.299. The van der Waals surface area contributed by atoms with Crippen LogP contribution in [-0.4, -0.2) is 31.3 Å². The Labute approximate surface area is 118 Å². The minimum atomic E-state index is -0.582. The first-order valence-corrected chi connectivity index (χ1v) is 6.52. The van der Waals surface area contributed by atoms with Gasteiger partial charge in [0.25, 0.3) is 5.91 Å². The molecule has 0 bridgehead atoms. The molecule has 0 heterocycles. The van der Waals surface area contributed by atoms with E-state index in [9.17, 15) is 14.4 Å². The van der Waals surface area contributed by atoms with Crippen molar-refractivity contribution in [3.05, 3.63) is 35.4 Å². The van der Waals surface area contributed by atoms with Crippen molar-refractivity contribution in [3.8, 4) is 0 Å². The summed E-state index contributed by atoms with van der Waals surface area (Å²) in [5.41, 5.74) is 0.790. The lowest BCUT2D eigenvalue weighted by atomic mass is 10.1. The zero-order valence-electron chi connectivity index (χ0n) is 11.7. The largest absolute Gasteiger partial charge is 0.452 e. The van der Waals surface area contributed by atoms with Crippen molar-refractivity contribution in [3.63, 3.8) is 0 Å². The van der Waals surface area contributed by atoms with Gasteiger partial charge in [0, 0.05) is 12.1 Å². The number of ether oxygens (including phenoxy) is 1. The van der Waals surface area contributed by atoms with Crippen molar-refractivity contribution in [1.29, 1.82) is 0 Å². The van der Waals surface area contributed by atoms with Crippen LogP contribution >= 0.6 is 0 Å². The van der Waals surface area contributed by atoms with Gasteiger partial charge in [-0.1, -0.05) is 26.0 Å². The van der Waals surface area contributed by atoms with E-state index in [0.29, 0.717) is 29.9 Å². The third-order valence-electron chi connectivity index (χ3n) is 2.66. The number of carbonyl (C=O) groups excluding carboxylic acids is 3. The molecule has 1 N–H and O–H groups in total. The molecule has 0 aromatic heterocycles. The van der Waals surface area contributed by atoms with Gasteiger partial charge in [-0.25, -0.2) is 4.79 Å². The van der Waals surface area contributed by atoms with Gasteiger partial charge in [0.1, 0.15) is 6.29 Å². The summed E-state index contributed by atoms with van der Waals surface area (Å²) in [6.45, 7) is 4.40. The van der Waals surface area contributed by atoms with Crippen LogP contribution < -0.4 is 5.32 Å². The maximum atomic E-state index is 11.6. The van der Waals surface area contributed by atoms with Crippen LogP contribution in [0.4, 0.5) is 0 Å². The molecule has 5 nitrogen and oxygen atoms in total. The van der Waals surface area contributed by atoms with E-state index in [1.807, 2.05) is 0 Å². The number of aldehydes is 1. The molecule has 1 rings (SSSR count). The second-order valence-electron chi connectivity index (χ2n) is 4.85. The van der Waals surface area contributed by atoms with Crippen LogP contribution in [0.2, 0.25) is 0 Å². The number of hydrogen-bond acceptors (Lipinski definition) is 4. The maximum Gasteiger partial charge on any atom is 0.338 e. The first-order valence-electron chi connectivity index (χ1n) is 6.52. The molecule has 0 spiro atoms. The minimum Gasteiger partial charge on any atom is -0.452 e. The summed E-state index contributed by atoms with van der Waals surface area (Å²) in [6, 6.07) is 6.02. The van der Waals surface area contributed by atoms with Gasteiger partial charge in [-0.15, -0.1) is 0 Å². The van der Waals surface area contributed by atoms with Crippen LogP contribution in [0.5, 0.6) is 0 Å². The summed E-state index contributed by atoms with van der Waals surface area (Å²) >= 11 is 0.